The predicted octanol–water partition coefficient (Wildman–Crippen LogP) is 4.97. The fourth-order valence-corrected chi connectivity index (χ4v) is 6.28. The largest absolute Gasteiger partial charge is 0.394 e. The third-order valence-corrected chi connectivity index (χ3v) is 8.46. The number of nitrogens with one attached hydrogen (secondary N) is 2. The average Bonchev–Trinajstić information content (AvgIpc) is 3.49. The Morgan fingerprint density at radius 2 is 1.91 bits per heavy atom. The summed E-state index contributed by atoms with van der Waals surface area (Å²) in [7, 11) is 0. The summed E-state index contributed by atoms with van der Waals surface area (Å²) >= 11 is 12.3. The Labute approximate surface area is 272 Å². The fourth-order valence-electron chi connectivity index (χ4n) is 5.93. The molecule has 13 heteroatoms. The Bertz CT molecular complexity index is 1510. The van der Waals surface area contributed by atoms with Crippen molar-refractivity contribution < 1.29 is 28.5 Å². The van der Waals surface area contributed by atoms with E-state index in [1.165, 1.54) is 24.3 Å². The zero-order valence-electron chi connectivity index (χ0n) is 26.0. The van der Waals surface area contributed by atoms with Crippen LogP contribution in [-0.4, -0.2) is 62.9 Å². The standard InChI is InChI=1S/C32H41Cl2F2N5O4/c1-30(2,3)14-24-32(37,21-10-9-18(33)13-23(21)35)26(20-7-6-8-22(34)27(20)36)28(38-24)29(44)39-25-11-12-41(40-25)17-31(4,5)45-16-19(43)15-42/h6-13,19,24,26,28,38,42-43H,14-17,37H2,1-5H3,(H,39,40,44)/t19-,24-,26-,28?,32+/m0/s1. The molecule has 4 rings (SSSR count). The van der Waals surface area contributed by atoms with E-state index in [1.807, 2.05) is 20.8 Å². The Morgan fingerprint density at radius 3 is 2.56 bits per heavy atom. The van der Waals surface area contributed by atoms with E-state index < -0.39 is 59.4 Å². The molecule has 6 N–H and O–H groups in total. The number of rotatable bonds is 11. The number of hydrogen-bond donors (Lipinski definition) is 5. The summed E-state index contributed by atoms with van der Waals surface area (Å²) < 4.78 is 38.7. The molecule has 5 atom stereocenters. The maximum Gasteiger partial charge on any atom is 0.243 e. The van der Waals surface area contributed by atoms with Crippen molar-refractivity contribution in [2.24, 2.45) is 11.1 Å². The first-order chi connectivity index (χ1) is 20.9. The third-order valence-electron chi connectivity index (χ3n) is 7.93. The van der Waals surface area contributed by atoms with E-state index in [2.05, 4.69) is 15.7 Å². The molecule has 246 valence electrons. The summed E-state index contributed by atoms with van der Waals surface area (Å²) in [5.41, 5.74) is 4.72. The lowest BCUT2D eigenvalue weighted by molar-refractivity contribution is -0.118. The van der Waals surface area contributed by atoms with Gasteiger partial charge in [0.25, 0.3) is 0 Å². The maximum absolute atomic E-state index is 15.8. The smallest absolute Gasteiger partial charge is 0.243 e. The SMILES string of the molecule is CC(C)(C)C[C@@H]1NC(C(=O)Nc2ccn(CC(C)(C)OC[C@@H](O)CO)n2)[C@H](c2cccc(Cl)c2F)[C@@]1(N)c1ccc(Cl)cc1F. The molecule has 2 aromatic carbocycles. The first kappa shape index (κ1) is 35.2. The molecule has 0 aliphatic carbocycles. The van der Waals surface area contributed by atoms with Crippen molar-refractivity contribution in [1.82, 2.24) is 15.1 Å². The van der Waals surface area contributed by atoms with Gasteiger partial charge in [-0.3, -0.25) is 9.48 Å². The van der Waals surface area contributed by atoms with Crippen molar-refractivity contribution in [2.45, 2.75) is 82.8 Å². The van der Waals surface area contributed by atoms with Crippen molar-refractivity contribution >= 4 is 34.9 Å². The lowest BCUT2D eigenvalue weighted by Gasteiger charge is -2.40. The number of nitrogens with zero attached hydrogens (tertiary/aromatic N) is 2. The topological polar surface area (TPSA) is 135 Å². The van der Waals surface area contributed by atoms with Crippen LogP contribution in [-0.2, 0) is 21.6 Å². The van der Waals surface area contributed by atoms with Gasteiger partial charge in [-0.1, -0.05) is 62.2 Å². The van der Waals surface area contributed by atoms with Gasteiger partial charge in [0.15, 0.2) is 5.82 Å². The molecule has 1 fully saturated rings. The zero-order valence-corrected chi connectivity index (χ0v) is 27.5. The number of ether oxygens (including phenoxy) is 1. The second kappa shape index (κ2) is 13.6. The van der Waals surface area contributed by atoms with Crippen LogP contribution >= 0.6 is 23.2 Å². The number of nitrogens with two attached hydrogens (primary N) is 1. The highest BCUT2D eigenvalue weighted by Crippen LogP contribution is 2.50. The number of amides is 1. The molecule has 2 heterocycles. The van der Waals surface area contributed by atoms with Gasteiger partial charge >= 0.3 is 0 Å². The predicted molar refractivity (Wildman–Crippen MR) is 170 cm³/mol. The summed E-state index contributed by atoms with van der Waals surface area (Å²) in [6.45, 7) is 9.39. The molecule has 1 aliphatic heterocycles. The number of anilines is 1. The van der Waals surface area contributed by atoms with Gasteiger partial charge in [-0.25, -0.2) is 8.78 Å². The Morgan fingerprint density at radius 1 is 1.20 bits per heavy atom. The van der Waals surface area contributed by atoms with E-state index in [9.17, 15) is 9.90 Å². The van der Waals surface area contributed by atoms with E-state index in [1.54, 1.807) is 36.9 Å². The number of carbonyl (C=O) groups excluding carboxylic acids is 1. The van der Waals surface area contributed by atoms with Crippen LogP contribution in [0.5, 0.6) is 0 Å². The molecule has 45 heavy (non-hydrogen) atoms. The second-order valence-electron chi connectivity index (χ2n) is 13.4. The maximum atomic E-state index is 15.8. The van der Waals surface area contributed by atoms with Crippen molar-refractivity contribution in [3.63, 3.8) is 0 Å². The van der Waals surface area contributed by atoms with Gasteiger partial charge in [-0.15, -0.1) is 0 Å². The van der Waals surface area contributed by atoms with Crippen LogP contribution in [0, 0.1) is 17.0 Å². The molecule has 0 bridgehead atoms. The lowest BCUT2D eigenvalue weighted by Crippen LogP contribution is -2.52. The monoisotopic (exact) mass is 667 g/mol. The van der Waals surface area contributed by atoms with Crippen LogP contribution < -0.4 is 16.4 Å². The minimum atomic E-state index is -1.60. The Hall–Kier alpha value is -2.64. The van der Waals surface area contributed by atoms with Crippen LogP contribution in [0.15, 0.2) is 48.7 Å². The van der Waals surface area contributed by atoms with Gasteiger partial charge < -0.3 is 31.3 Å². The molecular weight excluding hydrogens is 627 g/mol. The first-order valence-electron chi connectivity index (χ1n) is 14.7. The highest BCUT2D eigenvalue weighted by atomic mass is 35.5. The lowest BCUT2D eigenvalue weighted by atomic mass is 9.68. The van der Waals surface area contributed by atoms with E-state index in [0.29, 0.717) is 6.42 Å². The van der Waals surface area contributed by atoms with Crippen molar-refractivity contribution in [2.75, 3.05) is 18.5 Å². The molecule has 0 saturated carbocycles. The van der Waals surface area contributed by atoms with Crippen molar-refractivity contribution in [1.29, 1.82) is 0 Å². The van der Waals surface area contributed by atoms with Gasteiger partial charge in [-0.2, -0.15) is 5.10 Å². The molecule has 3 aromatic rings. The number of benzene rings is 2. The number of aliphatic hydroxyl groups is 2. The van der Waals surface area contributed by atoms with E-state index in [-0.39, 0.29) is 45.6 Å². The highest BCUT2D eigenvalue weighted by Gasteiger charge is 2.58. The summed E-state index contributed by atoms with van der Waals surface area (Å²) in [4.78, 5) is 14.0. The normalized spacial score (nSPS) is 22.9. The van der Waals surface area contributed by atoms with Crippen molar-refractivity contribution in [3.8, 4) is 0 Å². The Kier molecular flexibility index (Phi) is 10.7. The summed E-state index contributed by atoms with van der Waals surface area (Å²) in [5.74, 6) is -2.84. The van der Waals surface area contributed by atoms with E-state index in [4.69, 9.17) is 38.8 Å². The molecule has 9 nitrogen and oxygen atoms in total. The third kappa shape index (κ3) is 8.02. The van der Waals surface area contributed by atoms with Crippen LogP contribution in [0.3, 0.4) is 0 Å². The van der Waals surface area contributed by atoms with Crippen molar-refractivity contribution in [3.05, 3.63) is 81.5 Å². The fraction of sp³-hybridized carbons (Fsp3) is 0.500. The molecule has 1 amide bonds. The molecule has 0 spiro atoms. The number of aromatic nitrogens is 2. The molecule has 1 aromatic heterocycles. The molecule has 1 aliphatic rings. The summed E-state index contributed by atoms with van der Waals surface area (Å²) in [6.07, 6.45) is 1.06. The number of hydrogen-bond acceptors (Lipinski definition) is 7. The van der Waals surface area contributed by atoms with Gasteiger partial charge in [0.1, 0.15) is 17.7 Å². The Balaban J connectivity index is 1.72. The summed E-state index contributed by atoms with van der Waals surface area (Å²) in [6, 6.07) is 8.44. The average molecular weight is 669 g/mol. The quantitative estimate of drug-likeness (QED) is 0.195. The number of carbonyl (C=O) groups is 1. The van der Waals surface area contributed by atoms with Gasteiger partial charge in [0.2, 0.25) is 5.91 Å². The van der Waals surface area contributed by atoms with Crippen LogP contribution in [0.4, 0.5) is 14.6 Å². The van der Waals surface area contributed by atoms with Gasteiger partial charge in [0, 0.05) is 34.8 Å². The highest BCUT2D eigenvalue weighted by molar-refractivity contribution is 6.31. The van der Waals surface area contributed by atoms with Crippen LogP contribution in [0.1, 0.15) is 58.1 Å². The van der Waals surface area contributed by atoms with E-state index in [0.717, 1.165) is 6.07 Å². The van der Waals surface area contributed by atoms with Crippen LogP contribution in [0.25, 0.3) is 0 Å². The molecular formula is C32H41Cl2F2N5O4. The second-order valence-corrected chi connectivity index (χ2v) is 14.3. The zero-order chi connectivity index (χ0) is 33.3. The van der Waals surface area contributed by atoms with E-state index >= 15 is 8.78 Å². The number of halogens is 4. The minimum absolute atomic E-state index is 0.0616. The number of aliphatic hydroxyl groups excluding tert-OH is 2. The van der Waals surface area contributed by atoms with Gasteiger partial charge in [-0.05, 0) is 49.4 Å². The molecule has 1 saturated heterocycles. The molecule has 1 unspecified atom stereocenters. The summed E-state index contributed by atoms with van der Waals surface area (Å²) in [5, 5.41) is 29.3. The van der Waals surface area contributed by atoms with Gasteiger partial charge in [0.05, 0.1) is 42.0 Å². The minimum Gasteiger partial charge on any atom is -0.394 e. The molecule has 0 radical (unpaired) electrons. The first-order valence-corrected chi connectivity index (χ1v) is 15.4. The van der Waals surface area contributed by atoms with Crippen LogP contribution in [0.2, 0.25) is 10.0 Å².